The van der Waals surface area contributed by atoms with E-state index in [4.69, 9.17) is 0 Å². The Morgan fingerprint density at radius 2 is 1.71 bits per heavy atom. The van der Waals surface area contributed by atoms with Gasteiger partial charge in [0, 0.05) is 32.2 Å². The molecule has 0 aromatic rings. The molecule has 1 heterocycles. The first kappa shape index (κ1) is 13.3. The Balaban J connectivity index is 1.86. The third-order valence-corrected chi connectivity index (χ3v) is 5.47. The molecule has 0 N–H and O–H groups in total. The third-order valence-electron chi connectivity index (χ3n) is 4.17. The topological polar surface area (TPSA) is 40.6 Å². The predicted molar refractivity (Wildman–Crippen MR) is 69.4 cm³/mol. The van der Waals surface area contributed by atoms with Gasteiger partial charge < -0.3 is 0 Å². The van der Waals surface area contributed by atoms with E-state index >= 15 is 0 Å². The third kappa shape index (κ3) is 3.42. The summed E-state index contributed by atoms with van der Waals surface area (Å²) in [5.74, 6) is 0.835. The van der Waals surface area contributed by atoms with Gasteiger partial charge in [0.25, 0.3) is 0 Å². The largest absolute Gasteiger partial charge is 0.298 e. The second-order valence-corrected chi connectivity index (χ2v) is 7.61. The van der Waals surface area contributed by atoms with Gasteiger partial charge in [0.1, 0.15) is 0 Å². The normalized spacial score (nSPS) is 33.8. The molecule has 1 saturated heterocycles. The van der Waals surface area contributed by atoms with Crippen molar-refractivity contribution in [3.8, 4) is 0 Å². The summed E-state index contributed by atoms with van der Waals surface area (Å²) in [6.45, 7) is 5.49. The van der Waals surface area contributed by atoms with Crippen LogP contribution in [0.2, 0.25) is 0 Å². The van der Waals surface area contributed by atoms with Crippen molar-refractivity contribution in [3.63, 3.8) is 0 Å². The minimum absolute atomic E-state index is 0.670. The highest BCUT2D eigenvalue weighted by molar-refractivity contribution is 7.88. The fraction of sp³-hybridized carbons (Fsp3) is 1.00. The molecule has 0 spiro atoms. The van der Waals surface area contributed by atoms with Crippen molar-refractivity contribution in [1.82, 2.24) is 9.21 Å². The van der Waals surface area contributed by atoms with E-state index < -0.39 is 10.0 Å². The van der Waals surface area contributed by atoms with Crippen LogP contribution >= 0.6 is 0 Å². The van der Waals surface area contributed by atoms with Gasteiger partial charge in [0.2, 0.25) is 10.0 Å². The molecule has 1 aliphatic carbocycles. The first-order chi connectivity index (χ1) is 7.97. The second-order valence-electron chi connectivity index (χ2n) is 5.62. The molecule has 2 rings (SSSR count). The number of sulfonamides is 1. The summed E-state index contributed by atoms with van der Waals surface area (Å²) in [6, 6.07) is 0.695. The van der Waals surface area contributed by atoms with E-state index in [0.717, 1.165) is 19.0 Å². The van der Waals surface area contributed by atoms with E-state index in [-0.39, 0.29) is 0 Å². The molecule has 5 heteroatoms. The number of hydrogen-bond acceptors (Lipinski definition) is 3. The van der Waals surface area contributed by atoms with Crippen LogP contribution in [0.5, 0.6) is 0 Å². The molecule has 2 aliphatic rings. The number of hydrogen-bond donors (Lipinski definition) is 0. The van der Waals surface area contributed by atoms with Crippen LogP contribution in [0.25, 0.3) is 0 Å². The average Bonchev–Trinajstić information content (AvgIpc) is 2.28. The van der Waals surface area contributed by atoms with Crippen molar-refractivity contribution in [2.24, 2.45) is 5.92 Å². The molecule has 2 unspecified atom stereocenters. The van der Waals surface area contributed by atoms with Crippen molar-refractivity contribution in [1.29, 1.82) is 0 Å². The predicted octanol–water partition coefficient (Wildman–Crippen LogP) is 1.14. The van der Waals surface area contributed by atoms with Gasteiger partial charge >= 0.3 is 0 Å². The monoisotopic (exact) mass is 260 g/mol. The van der Waals surface area contributed by atoms with E-state index in [2.05, 4.69) is 11.8 Å². The van der Waals surface area contributed by atoms with Gasteiger partial charge in [-0.2, -0.15) is 4.31 Å². The number of piperazine rings is 1. The Morgan fingerprint density at radius 1 is 1.06 bits per heavy atom. The summed E-state index contributed by atoms with van der Waals surface area (Å²) in [5, 5.41) is 0. The highest BCUT2D eigenvalue weighted by atomic mass is 32.2. The van der Waals surface area contributed by atoms with Crippen LogP contribution in [-0.4, -0.2) is 56.1 Å². The van der Waals surface area contributed by atoms with Crippen LogP contribution in [-0.2, 0) is 10.0 Å². The molecule has 0 bridgehead atoms. The fourth-order valence-corrected chi connectivity index (χ4v) is 3.96. The maximum atomic E-state index is 11.4. The summed E-state index contributed by atoms with van der Waals surface area (Å²) < 4.78 is 24.5. The number of nitrogens with zero attached hydrogens (tertiary/aromatic N) is 2. The van der Waals surface area contributed by atoms with Gasteiger partial charge in [-0.3, -0.25) is 4.90 Å². The molecule has 17 heavy (non-hydrogen) atoms. The fourth-order valence-electron chi connectivity index (χ4n) is 3.13. The maximum absolute atomic E-state index is 11.4. The van der Waals surface area contributed by atoms with Gasteiger partial charge in [-0.25, -0.2) is 8.42 Å². The van der Waals surface area contributed by atoms with Crippen LogP contribution in [0, 0.1) is 5.92 Å². The minimum atomic E-state index is -2.98. The van der Waals surface area contributed by atoms with Gasteiger partial charge in [-0.05, 0) is 18.8 Å². The van der Waals surface area contributed by atoms with Crippen molar-refractivity contribution in [2.75, 3.05) is 32.4 Å². The molecule has 100 valence electrons. The van der Waals surface area contributed by atoms with Crippen molar-refractivity contribution in [3.05, 3.63) is 0 Å². The van der Waals surface area contributed by atoms with Crippen LogP contribution in [0.3, 0.4) is 0 Å². The molecule has 0 aromatic heterocycles. The summed E-state index contributed by atoms with van der Waals surface area (Å²) >= 11 is 0. The van der Waals surface area contributed by atoms with E-state index in [0.29, 0.717) is 19.1 Å². The Morgan fingerprint density at radius 3 is 2.24 bits per heavy atom. The highest BCUT2D eigenvalue weighted by Crippen LogP contribution is 2.28. The van der Waals surface area contributed by atoms with Gasteiger partial charge in [-0.1, -0.05) is 19.8 Å². The Labute approximate surface area is 105 Å². The smallest absolute Gasteiger partial charge is 0.211 e. The summed E-state index contributed by atoms with van der Waals surface area (Å²) in [6.07, 6.45) is 6.59. The molecule has 1 saturated carbocycles. The van der Waals surface area contributed by atoms with Gasteiger partial charge in [0.05, 0.1) is 6.26 Å². The lowest BCUT2D eigenvalue weighted by atomic mass is 9.86. The van der Waals surface area contributed by atoms with Crippen molar-refractivity contribution >= 4 is 10.0 Å². The zero-order valence-corrected chi connectivity index (χ0v) is 11.7. The SMILES string of the molecule is CC1CCCC(N2CCN(S(C)(=O)=O)CC2)C1. The summed E-state index contributed by atoms with van der Waals surface area (Å²) in [5.41, 5.74) is 0. The van der Waals surface area contributed by atoms with Crippen LogP contribution < -0.4 is 0 Å². The quantitative estimate of drug-likeness (QED) is 0.747. The van der Waals surface area contributed by atoms with Gasteiger partial charge in [0.15, 0.2) is 0 Å². The van der Waals surface area contributed by atoms with Crippen molar-refractivity contribution < 1.29 is 8.42 Å². The zero-order valence-electron chi connectivity index (χ0n) is 10.9. The lowest BCUT2D eigenvalue weighted by molar-refractivity contribution is 0.0969. The first-order valence-electron chi connectivity index (χ1n) is 6.66. The Hall–Kier alpha value is -0.130. The molecular weight excluding hydrogens is 236 g/mol. The molecule has 1 aliphatic heterocycles. The maximum Gasteiger partial charge on any atom is 0.211 e. The molecular formula is C12H24N2O2S. The Kier molecular flexibility index (Phi) is 4.10. The van der Waals surface area contributed by atoms with E-state index in [9.17, 15) is 8.42 Å². The molecule has 2 atom stereocenters. The second kappa shape index (κ2) is 5.24. The zero-order chi connectivity index (χ0) is 12.5. The van der Waals surface area contributed by atoms with Gasteiger partial charge in [-0.15, -0.1) is 0 Å². The van der Waals surface area contributed by atoms with Crippen LogP contribution in [0.4, 0.5) is 0 Å². The molecule has 2 fully saturated rings. The highest BCUT2D eigenvalue weighted by Gasteiger charge is 2.29. The summed E-state index contributed by atoms with van der Waals surface area (Å²) in [4.78, 5) is 2.50. The van der Waals surface area contributed by atoms with Crippen LogP contribution in [0.1, 0.15) is 32.6 Å². The molecule has 0 aromatic carbocycles. The molecule has 0 radical (unpaired) electrons. The lowest BCUT2D eigenvalue weighted by Gasteiger charge is -2.41. The van der Waals surface area contributed by atoms with E-state index in [1.165, 1.54) is 31.9 Å². The molecule has 0 amide bonds. The average molecular weight is 260 g/mol. The van der Waals surface area contributed by atoms with Crippen molar-refractivity contribution in [2.45, 2.75) is 38.6 Å². The standard InChI is InChI=1S/C12H24N2O2S/c1-11-4-3-5-12(10-11)13-6-8-14(9-7-13)17(2,15)16/h11-12H,3-10H2,1-2H3. The lowest BCUT2D eigenvalue weighted by Crippen LogP contribution is -2.52. The minimum Gasteiger partial charge on any atom is -0.298 e. The summed E-state index contributed by atoms with van der Waals surface area (Å²) in [7, 11) is -2.98. The van der Waals surface area contributed by atoms with Crippen LogP contribution in [0.15, 0.2) is 0 Å². The van der Waals surface area contributed by atoms with E-state index in [1.807, 2.05) is 0 Å². The number of rotatable bonds is 2. The first-order valence-corrected chi connectivity index (χ1v) is 8.51. The van der Waals surface area contributed by atoms with E-state index in [1.54, 1.807) is 4.31 Å². The molecule has 4 nitrogen and oxygen atoms in total. The Bertz CT molecular complexity index is 348.